The van der Waals surface area contributed by atoms with E-state index < -0.39 is 0 Å². The fourth-order valence-corrected chi connectivity index (χ4v) is 7.47. The summed E-state index contributed by atoms with van der Waals surface area (Å²) < 4.78 is 13.1. The predicted octanol–water partition coefficient (Wildman–Crippen LogP) is 13.4. The molecule has 2 heterocycles. The molecule has 0 spiro atoms. The van der Waals surface area contributed by atoms with Gasteiger partial charge in [-0.25, -0.2) is 0 Å². The Morgan fingerprint density at radius 1 is 0.327 bits per heavy atom. The second kappa shape index (κ2) is 11.0. The first kappa shape index (κ1) is 27.5. The molecule has 0 saturated heterocycles. The molecule has 0 unspecified atom stereocenters. The molecule has 2 aromatic heterocycles. The summed E-state index contributed by atoms with van der Waals surface area (Å²) in [6.45, 7) is 0. The van der Waals surface area contributed by atoms with Gasteiger partial charge in [0.15, 0.2) is 0 Å². The Morgan fingerprint density at radius 3 is 1.67 bits per heavy atom. The molecule has 0 saturated carbocycles. The zero-order chi connectivity index (χ0) is 32.3. The lowest BCUT2D eigenvalue weighted by Gasteiger charge is -2.29. The lowest BCUT2D eigenvalue weighted by atomic mass is 9.96. The first-order chi connectivity index (χ1) is 24.3. The molecule has 10 rings (SSSR count). The molecule has 0 atom stereocenters. The first-order valence-electron chi connectivity index (χ1n) is 16.6. The van der Waals surface area contributed by atoms with E-state index in [4.69, 9.17) is 8.83 Å². The van der Waals surface area contributed by atoms with Gasteiger partial charge >= 0.3 is 0 Å². The molecule has 0 amide bonds. The summed E-state index contributed by atoms with van der Waals surface area (Å²) >= 11 is 0. The van der Waals surface area contributed by atoms with Crippen molar-refractivity contribution in [3.05, 3.63) is 176 Å². The van der Waals surface area contributed by atoms with Crippen LogP contribution in [0.1, 0.15) is 0 Å². The maximum Gasteiger partial charge on any atom is 0.138 e. The van der Waals surface area contributed by atoms with Crippen molar-refractivity contribution in [2.24, 2.45) is 0 Å². The average Bonchev–Trinajstić information content (AvgIpc) is 3.74. The Morgan fingerprint density at radius 2 is 0.878 bits per heavy atom. The Hall–Kier alpha value is -6.58. The van der Waals surface area contributed by atoms with E-state index in [0.717, 1.165) is 82.8 Å². The third-order valence-electron chi connectivity index (χ3n) is 9.66. The van der Waals surface area contributed by atoms with E-state index in [9.17, 15) is 0 Å². The predicted molar refractivity (Wildman–Crippen MR) is 204 cm³/mol. The second-order valence-electron chi connectivity index (χ2n) is 12.5. The van der Waals surface area contributed by atoms with Gasteiger partial charge in [0.1, 0.15) is 22.3 Å². The van der Waals surface area contributed by atoms with Gasteiger partial charge in [-0.15, -0.1) is 0 Å². The molecule has 0 bridgehead atoms. The number of nitrogens with zero attached hydrogens (tertiary/aromatic N) is 1. The van der Waals surface area contributed by atoms with Crippen LogP contribution in [0.4, 0.5) is 17.1 Å². The number of benzene rings is 8. The average molecular weight is 628 g/mol. The highest BCUT2D eigenvalue weighted by molar-refractivity contribution is 6.32. The summed E-state index contributed by atoms with van der Waals surface area (Å²) in [6, 6.07) is 61.9. The fraction of sp³-hybridized carbons (Fsp3) is 0. The molecule has 0 aliphatic carbocycles. The maximum atomic E-state index is 6.75. The molecule has 10 aromatic rings. The Bertz CT molecular complexity index is 2810. The third kappa shape index (κ3) is 4.37. The zero-order valence-electron chi connectivity index (χ0n) is 26.5. The van der Waals surface area contributed by atoms with Gasteiger partial charge in [0.25, 0.3) is 0 Å². The van der Waals surface area contributed by atoms with Crippen LogP contribution in [0.2, 0.25) is 0 Å². The van der Waals surface area contributed by atoms with Gasteiger partial charge in [0.05, 0.1) is 11.4 Å². The highest BCUT2D eigenvalue weighted by Crippen LogP contribution is 2.48. The molecule has 8 aromatic carbocycles. The van der Waals surface area contributed by atoms with E-state index in [1.165, 1.54) is 11.1 Å². The van der Waals surface area contributed by atoms with Crippen LogP contribution in [0.15, 0.2) is 185 Å². The lowest BCUT2D eigenvalue weighted by Crippen LogP contribution is -2.11. The standard InChI is InChI=1S/C46H29NO2/c1-3-13-30(14-4-1)31-23-25-32(26-24-31)34-17-9-11-21-38(34)47(33-15-5-2-6-16-33)39-29-43-44(36-19-8-7-18-35(36)39)46-42(49-43)28-27-41-45(46)37-20-10-12-22-40(37)48-41/h1-29H. The van der Waals surface area contributed by atoms with Crippen molar-refractivity contribution in [2.45, 2.75) is 0 Å². The van der Waals surface area contributed by atoms with Crippen molar-refractivity contribution in [2.75, 3.05) is 4.90 Å². The molecule has 3 heteroatoms. The summed E-state index contributed by atoms with van der Waals surface area (Å²) in [5, 5.41) is 6.65. The molecular formula is C46H29NO2. The second-order valence-corrected chi connectivity index (χ2v) is 12.5. The summed E-state index contributed by atoms with van der Waals surface area (Å²) in [5.74, 6) is 0. The van der Waals surface area contributed by atoms with Crippen molar-refractivity contribution in [1.82, 2.24) is 0 Å². The summed E-state index contributed by atoms with van der Waals surface area (Å²) in [5.41, 5.74) is 11.3. The number of fused-ring (bicyclic) bond motifs is 9. The van der Waals surface area contributed by atoms with E-state index in [-0.39, 0.29) is 0 Å². The van der Waals surface area contributed by atoms with Gasteiger partial charge < -0.3 is 13.7 Å². The SMILES string of the molecule is c1ccc(-c2ccc(-c3ccccc3N(c3ccccc3)c3cc4oc5ccc6oc7ccccc7c6c5c4c4ccccc34)cc2)cc1. The van der Waals surface area contributed by atoms with Crippen LogP contribution in [-0.2, 0) is 0 Å². The van der Waals surface area contributed by atoms with Gasteiger partial charge in [-0.05, 0) is 58.5 Å². The van der Waals surface area contributed by atoms with E-state index in [1.54, 1.807) is 0 Å². The minimum Gasteiger partial charge on any atom is -0.456 e. The molecule has 49 heavy (non-hydrogen) atoms. The fourth-order valence-electron chi connectivity index (χ4n) is 7.47. The summed E-state index contributed by atoms with van der Waals surface area (Å²) in [4.78, 5) is 2.37. The van der Waals surface area contributed by atoms with Crippen LogP contribution in [0.5, 0.6) is 0 Å². The van der Waals surface area contributed by atoms with Crippen molar-refractivity contribution in [1.29, 1.82) is 0 Å². The van der Waals surface area contributed by atoms with Crippen LogP contribution < -0.4 is 4.90 Å². The maximum absolute atomic E-state index is 6.75. The lowest BCUT2D eigenvalue weighted by molar-refractivity contribution is 0.663. The third-order valence-corrected chi connectivity index (χ3v) is 9.66. The van der Waals surface area contributed by atoms with E-state index in [1.807, 2.05) is 24.3 Å². The van der Waals surface area contributed by atoms with Gasteiger partial charge in [-0.3, -0.25) is 0 Å². The van der Waals surface area contributed by atoms with Crippen LogP contribution in [0.3, 0.4) is 0 Å². The molecule has 0 radical (unpaired) electrons. The molecule has 0 fully saturated rings. The van der Waals surface area contributed by atoms with E-state index >= 15 is 0 Å². The number of anilines is 3. The summed E-state index contributed by atoms with van der Waals surface area (Å²) in [6.07, 6.45) is 0. The first-order valence-corrected chi connectivity index (χ1v) is 16.6. The number of hydrogen-bond acceptors (Lipinski definition) is 3. The van der Waals surface area contributed by atoms with Crippen molar-refractivity contribution in [3.8, 4) is 22.3 Å². The van der Waals surface area contributed by atoms with Crippen molar-refractivity contribution in [3.63, 3.8) is 0 Å². The molecular weight excluding hydrogens is 599 g/mol. The molecule has 230 valence electrons. The van der Waals surface area contributed by atoms with Crippen LogP contribution in [-0.4, -0.2) is 0 Å². The van der Waals surface area contributed by atoms with Crippen LogP contribution in [0.25, 0.3) is 76.9 Å². The quantitative estimate of drug-likeness (QED) is 0.190. The highest BCUT2D eigenvalue weighted by Gasteiger charge is 2.24. The Balaban J connectivity index is 1.24. The number of hydrogen-bond donors (Lipinski definition) is 0. The monoisotopic (exact) mass is 627 g/mol. The van der Waals surface area contributed by atoms with Gasteiger partial charge in [0, 0.05) is 44.2 Å². The van der Waals surface area contributed by atoms with Crippen LogP contribution >= 0.6 is 0 Å². The van der Waals surface area contributed by atoms with Crippen molar-refractivity contribution < 1.29 is 8.83 Å². The topological polar surface area (TPSA) is 29.5 Å². The largest absolute Gasteiger partial charge is 0.456 e. The highest BCUT2D eigenvalue weighted by atomic mass is 16.3. The van der Waals surface area contributed by atoms with Gasteiger partial charge in [-0.2, -0.15) is 0 Å². The minimum absolute atomic E-state index is 0.840. The minimum atomic E-state index is 0.840. The Kier molecular flexibility index (Phi) is 6.18. The number of rotatable bonds is 5. The normalized spacial score (nSPS) is 11.7. The van der Waals surface area contributed by atoms with E-state index in [2.05, 4.69) is 157 Å². The summed E-state index contributed by atoms with van der Waals surface area (Å²) in [7, 11) is 0. The van der Waals surface area contributed by atoms with Gasteiger partial charge in [-0.1, -0.05) is 133 Å². The van der Waals surface area contributed by atoms with Gasteiger partial charge in [0.2, 0.25) is 0 Å². The van der Waals surface area contributed by atoms with E-state index in [0.29, 0.717) is 0 Å². The molecule has 0 N–H and O–H groups in total. The number of para-hydroxylation sites is 3. The molecule has 3 nitrogen and oxygen atoms in total. The smallest absolute Gasteiger partial charge is 0.138 e. The Labute approximate surface area is 282 Å². The molecule has 0 aliphatic heterocycles. The number of furan rings is 2. The zero-order valence-corrected chi connectivity index (χ0v) is 26.5. The van der Waals surface area contributed by atoms with Crippen LogP contribution in [0, 0.1) is 0 Å². The molecule has 0 aliphatic rings. The van der Waals surface area contributed by atoms with Crippen molar-refractivity contribution >= 4 is 71.7 Å².